The van der Waals surface area contributed by atoms with Gasteiger partial charge >= 0.3 is 0 Å². The Balaban J connectivity index is 2.43. The van der Waals surface area contributed by atoms with E-state index in [0.717, 1.165) is 0 Å². The van der Waals surface area contributed by atoms with Crippen molar-refractivity contribution in [3.8, 4) is 5.75 Å². The van der Waals surface area contributed by atoms with Crippen molar-refractivity contribution < 1.29 is 18.7 Å². The molecule has 1 aromatic heterocycles. The van der Waals surface area contributed by atoms with E-state index in [-0.39, 0.29) is 23.0 Å². The number of ether oxygens (including phenoxy) is 1. The molecule has 25 heavy (non-hydrogen) atoms. The van der Waals surface area contributed by atoms with E-state index in [1.807, 2.05) is 0 Å². The Morgan fingerprint density at radius 1 is 1.24 bits per heavy atom. The fourth-order valence-corrected chi connectivity index (χ4v) is 2.53. The monoisotopic (exact) mass is 347 g/mol. The van der Waals surface area contributed by atoms with Crippen molar-refractivity contribution in [2.45, 2.75) is 26.9 Å². The number of amides is 2. The maximum Gasteiger partial charge on any atom is 0.271 e. The van der Waals surface area contributed by atoms with Gasteiger partial charge < -0.3 is 20.4 Å². The van der Waals surface area contributed by atoms with Crippen LogP contribution in [0.3, 0.4) is 0 Å². The molecule has 0 radical (unpaired) electrons. The number of benzene rings is 1. The fourth-order valence-electron chi connectivity index (χ4n) is 2.53. The lowest BCUT2D eigenvalue weighted by atomic mass is 10.1. The molecule has 0 aliphatic rings. The zero-order chi connectivity index (χ0) is 18.6. The van der Waals surface area contributed by atoms with Crippen LogP contribution in [0.2, 0.25) is 0 Å². The summed E-state index contributed by atoms with van der Waals surface area (Å²) in [6.45, 7) is 5.61. The van der Waals surface area contributed by atoms with Crippen LogP contribution in [0.25, 0.3) is 0 Å². The van der Waals surface area contributed by atoms with Crippen molar-refractivity contribution in [2.24, 2.45) is 0 Å². The molecule has 0 fully saturated rings. The zero-order valence-corrected chi connectivity index (χ0v) is 14.7. The minimum absolute atomic E-state index is 0.129. The fraction of sp³-hybridized carbons (Fsp3) is 0.333. The quantitative estimate of drug-likeness (QED) is 0.751. The van der Waals surface area contributed by atoms with Crippen LogP contribution in [0.15, 0.2) is 24.3 Å². The molecule has 1 heterocycles. The lowest BCUT2D eigenvalue weighted by molar-refractivity contribution is 0.0950. The second-order valence-corrected chi connectivity index (χ2v) is 5.55. The summed E-state index contributed by atoms with van der Waals surface area (Å²) in [5.74, 6) is -0.919. The molecule has 2 amide bonds. The van der Waals surface area contributed by atoms with Gasteiger partial charge in [0.2, 0.25) is 0 Å². The standard InChI is InChI=1S/C18H22FN3O3/c1-5-21-18(24)14-10(2)16(15(22-14)17(23)20-4)25-11(3)12-8-6-7-9-13(12)19/h6-9,11,22H,5H2,1-4H3,(H,20,23)(H,21,24). The van der Waals surface area contributed by atoms with E-state index in [1.165, 1.54) is 13.1 Å². The van der Waals surface area contributed by atoms with Gasteiger partial charge in [-0.15, -0.1) is 0 Å². The molecule has 0 spiro atoms. The second kappa shape index (κ2) is 7.83. The summed E-state index contributed by atoms with van der Waals surface area (Å²) in [5, 5.41) is 5.18. The molecular formula is C18H22FN3O3. The van der Waals surface area contributed by atoms with E-state index in [9.17, 15) is 14.0 Å². The lowest BCUT2D eigenvalue weighted by Gasteiger charge is -2.16. The maximum atomic E-state index is 14.0. The molecular weight excluding hydrogens is 325 g/mol. The molecule has 0 bridgehead atoms. The number of rotatable bonds is 6. The summed E-state index contributed by atoms with van der Waals surface area (Å²) in [6, 6.07) is 6.27. The highest BCUT2D eigenvalue weighted by atomic mass is 19.1. The van der Waals surface area contributed by atoms with Gasteiger partial charge in [-0.1, -0.05) is 18.2 Å². The number of aromatic amines is 1. The molecule has 134 valence electrons. The van der Waals surface area contributed by atoms with Crippen LogP contribution in [-0.4, -0.2) is 30.4 Å². The molecule has 2 rings (SSSR count). The van der Waals surface area contributed by atoms with Gasteiger partial charge in [0.1, 0.15) is 23.3 Å². The third-order valence-corrected chi connectivity index (χ3v) is 3.85. The summed E-state index contributed by atoms with van der Waals surface area (Å²) < 4.78 is 19.8. The Morgan fingerprint density at radius 2 is 1.92 bits per heavy atom. The highest BCUT2D eigenvalue weighted by Crippen LogP contribution is 2.32. The van der Waals surface area contributed by atoms with E-state index >= 15 is 0 Å². The average Bonchev–Trinajstić information content (AvgIpc) is 2.91. The first-order valence-corrected chi connectivity index (χ1v) is 8.04. The smallest absolute Gasteiger partial charge is 0.271 e. The number of hydrogen-bond acceptors (Lipinski definition) is 3. The molecule has 1 aromatic carbocycles. The van der Waals surface area contributed by atoms with Crippen LogP contribution >= 0.6 is 0 Å². The molecule has 0 saturated carbocycles. The van der Waals surface area contributed by atoms with E-state index in [0.29, 0.717) is 17.7 Å². The Labute approximate surface area is 145 Å². The van der Waals surface area contributed by atoms with Crippen molar-refractivity contribution in [1.82, 2.24) is 15.6 Å². The first-order valence-electron chi connectivity index (χ1n) is 8.04. The van der Waals surface area contributed by atoms with Gasteiger partial charge in [-0.25, -0.2) is 4.39 Å². The first kappa shape index (κ1) is 18.5. The van der Waals surface area contributed by atoms with Gasteiger partial charge in [-0.2, -0.15) is 0 Å². The number of aromatic nitrogens is 1. The van der Waals surface area contributed by atoms with E-state index in [1.54, 1.807) is 39.0 Å². The normalized spacial score (nSPS) is 11.7. The number of carbonyl (C=O) groups excluding carboxylic acids is 2. The van der Waals surface area contributed by atoms with Crippen LogP contribution in [0.5, 0.6) is 5.75 Å². The van der Waals surface area contributed by atoms with Crippen molar-refractivity contribution in [3.05, 3.63) is 52.6 Å². The van der Waals surface area contributed by atoms with Crippen molar-refractivity contribution >= 4 is 11.8 Å². The van der Waals surface area contributed by atoms with E-state index in [4.69, 9.17) is 4.74 Å². The molecule has 7 heteroatoms. The summed E-state index contributed by atoms with van der Waals surface area (Å²) >= 11 is 0. The minimum Gasteiger partial charge on any atom is -0.483 e. The van der Waals surface area contributed by atoms with Gasteiger partial charge in [-0.05, 0) is 26.8 Å². The van der Waals surface area contributed by atoms with Crippen molar-refractivity contribution in [2.75, 3.05) is 13.6 Å². The van der Waals surface area contributed by atoms with Gasteiger partial charge in [-0.3, -0.25) is 9.59 Å². The van der Waals surface area contributed by atoms with Gasteiger partial charge in [0, 0.05) is 24.7 Å². The van der Waals surface area contributed by atoms with Crippen LogP contribution in [-0.2, 0) is 0 Å². The average molecular weight is 347 g/mol. The van der Waals surface area contributed by atoms with Crippen LogP contribution in [0.1, 0.15) is 52.1 Å². The zero-order valence-electron chi connectivity index (χ0n) is 14.7. The van der Waals surface area contributed by atoms with Crippen LogP contribution < -0.4 is 15.4 Å². The molecule has 0 aliphatic heterocycles. The van der Waals surface area contributed by atoms with Crippen LogP contribution in [0.4, 0.5) is 4.39 Å². The Hall–Kier alpha value is -2.83. The SMILES string of the molecule is CCNC(=O)c1[nH]c(C(=O)NC)c(OC(C)c2ccccc2F)c1C. The van der Waals surface area contributed by atoms with Crippen molar-refractivity contribution in [1.29, 1.82) is 0 Å². The topological polar surface area (TPSA) is 83.2 Å². The number of nitrogens with one attached hydrogen (secondary N) is 3. The highest BCUT2D eigenvalue weighted by molar-refractivity contribution is 6.01. The van der Waals surface area contributed by atoms with Gasteiger partial charge in [0.05, 0.1) is 0 Å². The van der Waals surface area contributed by atoms with Gasteiger partial charge in [0.15, 0.2) is 5.75 Å². The third kappa shape index (κ3) is 3.81. The molecule has 1 unspecified atom stereocenters. The predicted octanol–water partition coefficient (Wildman–Crippen LogP) is 2.71. The summed E-state index contributed by atoms with van der Waals surface area (Å²) in [4.78, 5) is 27.1. The van der Waals surface area contributed by atoms with E-state index in [2.05, 4.69) is 15.6 Å². The highest BCUT2D eigenvalue weighted by Gasteiger charge is 2.26. The molecule has 0 aliphatic carbocycles. The lowest BCUT2D eigenvalue weighted by Crippen LogP contribution is -2.24. The summed E-state index contributed by atoms with van der Waals surface area (Å²) in [6.07, 6.45) is -0.638. The number of halogens is 1. The number of H-pyrrole nitrogens is 1. The molecule has 3 N–H and O–H groups in total. The minimum atomic E-state index is -0.638. The van der Waals surface area contributed by atoms with Crippen molar-refractivity contribution in [3.63, 3.8) is 0 Å². The number of hydrogen-bond donors (Lipinski definition) is 3. The summed E-state index contributed by atoms with van der Waals surface area (Å²) in [7, 11) is 1.48. The number of carbonyl (C=O) groups is 2. The van der Waals surface area contributed by atoms with E-state index < -0.39 is 17.8 Å². The first-order chi connectivity index (χ1) is 11.9. The Kier molecular flexibility index (Phi) is 5.80. The Bertz CT molecular complexity index is 786. The molecule has 2 aromatic rings. The van der Waals surface area contributed by atoms with Gasteiger partial charge in [0.25, 0.3) is 11.8 Å². The second-order valence-electron chi connectivity index (χ2n) is 5.55. The maximum absolute atomic E-state index is 14.0. The predicted molar refractivity (Wildman–Crippen MR) is 92.4 cm³/mol. The molecule has 6 nitrogen and oxygen atoms in total. The largest absolute Gasteiger partial charge is 0.483 e. The third-order valence-electron chi connectivity index (χ3n) is 3.85. The van der Waals surface area contributed by atoms with Crippen LogP contribution in [0, 0.1) is 12.7 Å². The molecule has 0 saturated heterocycles. The summed E-state index contributed by atoms with van der Waals surface area (Å²) in [5.41, 5.74) is 1.24. The molecule has 1 atom stereocenters. The Morgan fingerprint density at radius 3 is 2.52 bits per heavy atom.